The van der Waals surface area contributed by atoms with Crippen molar-refractivity contribution >= 4 is 24.4 Å². The van der Waals surface area contributed by atoms with Gasteiger partial charge in [0, 0.05) is 18.1 Å². The van der Waals surface area contributed by atoms with Crippen LogP contribution in [0.2, 0.25) is 0 Å². The van der Waals surface area contributed by atoms with Crippen molar-refractivity contribution in [2.45, 2.75) is 13.8 Å². The van der Waals surface area contributed by atoms with E-state index in [4.69, 9.17) is 31.2 Å². The molecule has 1 aromatic heterocycles. The van der Waals surface area contributed by atoms with Crippen molar-refractivity contribution in [3.63, 3.8) is 0 Å². The average molecular weight is 442 g/mol. The van der Waals surface area contributed by atoms with Gasteiger partial charge in [-0.2, -0.15) is 14.9 Å². The molecule has 0 bridgehead atoms. The summed E-state index contributed by atoms with van der Waals surface area (Å²) in [5, 5.41) is 11.5. The Balaban J connectivity index is 1.96. The van der Waals surface area contributed by atoms with Crippen molar-refractivity contribution in [2.75, 3.05) is 20.8 Å². The largest absolute Gasteiger partial charge is 0.494 e. The molecule has 9 nitrogen and oxygen atoms in total. The van der Waals surface area contributed by atoms with Crippen LogP contribution in [0.1, 0.15) is 19.4 Å². The molecule has 0 aliphatic carbocycles. The molecular weight excluding hydrogens is 420 g/mol. The van der Waals surface area contributed by atoms with E-state index >= 15 is 0 Å². The number of ether oxygens (including phenoxy) is 4. The molecule has 0 fully saturated rings. The van der Waals surface area contributed by atoms with E-state index in [0.717, 1.165) is 11.3 Å². The van der Waals surface area contributed by atoms with Crippen LogP contribution in [-0.2, 0) is 4.79 Å². The van der Waals surface area contributed by atoms with Crippen LogP contribution in [-0.4, -0.2) is 47.9 Å². The molecule has 0 saturated heterocycles. The molecule has 0 amide bonds. The number of carbonyl (C=O) groups is 1. The standard InChI is InChI=1S/C21H22N4O5S/c1-5-29-16-8-6-15(7-9-16)20-23-24-21(31)25(20)22-12-14-10-17(27-3)19(30-13(2)26)18(11-14)28-4/h6-12H,5H2,1-4H3,(H,24,31). The predicted octanol–water partition coefficient (Wildman–Crippen LogP) is 3.83. The number of hydrogen-bond acceptors (Lipinski definition) is 8. The molecular formula is C21H22N4O5S. The third kappa shape index (κ3) is 5.10. The molecule has 0 aliphatic rings. The summed E-state index contributed by atoms with van der Waals surface area (Å²) in [7, 11) is 2.94. The quantitative estimate of drug-likeness (QED) is 0.245. The maximum atomic E-state index is 11.4. The summed E-state index contributed by atoms with van der Waals surface area (Å²) in [5.74, 6) is 1.69. The van der Waals surface area contributed by atoms with Crippen molar-refractivity contribution in [1.82, 2.24) is 14.9 Å². The number of nitrogens with one attached hydrogen (secondary N) is 1. The van der Waals surface area contributed by atoms with Crippen LogP contribution >= 0.6 is 12.2 Å². The highest BCUT2D eigenvalue weighted by Gasteiger charge is 2.16. The van der Waals surface area contributed by atoms with Gasteiger partial charge in [-0.3, -0.25) is 4.79 Å². The zero-order valence-electron chi connectivity index (χ0n) is 17.5. The zero-order chi connectivity index (χ0) is 22.4. The number of methoxy groups -OCH3 is 2. The summed E-state index contributed by atoms with van der Waals surface area (Å²) in [6.07, 6.45) is 1.58. The Kier molecular flexibility index (Phi) is 7.03. The number of rotatable bonds is 8. The van der Waals surface area contributed by atoms with Gasteiger partial charge in [0.1, 0.15) is 5.75 Å². The van der Waals surface area contributed by atoms with Gasteiger partial charge in [0.2, 0.25) is 10.5 Å². The fourth-order valence-corrected chi connectivity index (χ4v) is 2.98. The van der Waals surface area contributed by atoms with Crippen LogP contribution in [0.3, 0.4) is 0 Å². The van der Waals surface area contributed by atoms with Gasteiger partial charge in [-0.25, -0.2) is 5.10 Å². The number of hydrogen-bond donors (Lipinski definition) is 1. The molecule has 0 unspecified atom stereocenters. The molecule has 0 spiro atoms. The van der Waals surface area contributed by atoms with Gasteiger partial charge < -0.3 is 18.9 Å². The van der Waals surface area contributed by atoms with Gasteiger partial charge in [-0.1, -0.05) is 0 Å². The van der Waals surface area contributed by atoms with E-state index in [1.807, 2.05) is 31.2 Å². The maximum absolute atomic E-state index is 11.4. The molecule has 3 aromatic rings. The normalized spacial score (nSPS) is 10.8. The fourth-order valence-electron chi connectivity index (χ4n) is 2.80. The minimum Gasteiger partial charge on any atom is -0.494 e. The van der Waals surface area contributed by atoms with Gasteiger partial charge in [0.25, 0.3) is 0 Å². The van der Waals surface area contributed by atoms with E-state index in [-0.39, 0.29) is 5.75 Å². The number of benzene rings is 2. The van der Waals surface area contributed by atoms with Crippen molar-refractivity contribution in [3.8, 4) is 34.4 Å². The number of aromatic amines is 1. The van der Waals surface area contributed by atoms with Crippen molar-refractivity contribution in [3.05, 3.63) is 46.7 Å². The Morgan fingerprint density at radius 2 is 1.84 bits per heavy atom. The SMILES string of the molecule is CCOc1ccc(-c2n[nH]c(=S)n2N=Cc2cc(OC)c(OC(C)=O)c(OC)c2)cc1. The van der Waals surface area contributed by atoms with Crippen LogP contribution in [0.15, 0.2) is 41.5 Å². The second kappa shape index (κ2) is 9.90. The summed E-state index contributed by atoms with van der Waals surface area (Å²) >= 11 is 5.32. The minimum absolute atomic E-state index is 0.199. The topological polar surface area (TPSA) is 100.0 Å². The molecule has 10 heteroatoms. The summed E-state index contributed by atoms with van der Waals surface area (Å²) in [5.41, 5.74) is 1.46. The monoisotopic (exact) mass is 442 g/mol. The third-order valence-electron chi connectivity index (χ3n) is 4.12. The molecule has 3 rings (SSSR count). The van der Waals surface area contributed by atoms with Gasteiger partial charge in [-0.05, 0) is 55.5 Å². The van der Waals surface area contributed by atoms with Gasteiger partial charge in [-0.15, -0.1) is 0 Å². The van der Waals surface area contributed by atoms with Crippen molar-refractivity contribution < 1.29 is 23.7 Å². The predicted molar refractivity (Wildman–Crippen MR) is 118 cm³/mol. The first kappa shape index (κ1) is 22.0. The Bertz CT molecular complexity index is 1130. The molecule has 1 heterocycles. The molecule has 2 aromatic carbocycles. The first-order chi connectivity index (χ1) is 15.0. The van der Waals surface area contributed by atoms with E-state index in [0.29, 0.717) is 34.3 Å². The molecule has 162 valence electrons. The summed E-state index contributed by atoms with van der Waals surface area (Å²) in [4.78, 5) is 11.4. The lowest BCUT2D eigenvalue weighted by Crippen LogP contribution is -2.05. The van der Waals surface area contributed by atoms with Crippen LogP contribution < -0.4 is 18.9 Å². The van der Waals surface area contributed by atoms with E-state index in [9.17, 15) is 4.79 Å². The van der Waals surface area contributed by atoms with Gasteiger partial charge >= 0.3 is 5.97 Å². The molecule has 0 saturated carbocycles. The smallest absolute Gasteiger partial charge is 0.308 e. The summed E-state index contributed by atoms with van der Waals surface area (Å²) in [6, 6.07) is 10.8. The number of esters is 1. The van der Waals surface area contributed by atoms with Gasteiger partial charge in [0.05, 0.1) is 27.0 Å². The molecule has 0 radical (unpaired) electrons. The Morgan fingerprint density at radius 1 is 1.19 bits per heavy atom. The molecule has 31 heavy (non-hydrogen) atoms. The van der Waals surface area contributed by atoms with Crippen molar-refractivity contribution in [2.24, 2.45) is 5.10 Å². The number of aromatic nitrogens is 3. The van der Waals surface area contributed by atoms with Crippen LogP contribution in [0.5, 0.6) is 23.0 Å². The number of H-pyrrole nitrogens is 1. The van der Waals surface area contributed by atoms with E-state index in [1.54, 1.807) is 18.3 Å². The number of nitrogens with zero attached hydrogens (tertiary/aromatic N) is 3. The molecule has 0 atom stereocenters. The van der Waals surface area contributed by atoms with E-state index in [1.165, 1.54) is 25.8 Å². The maximum Gasteiger partial charge on any atom is 0.308 e. The first-order valence-corrected chi connectivity index (χ1v) is 9.77. The van der Waals surface area contributed by atoms with E-state index in [2.05, 4.69) is 15.3 Å². The number of carbonyl (C=O) groups excluding carboxylic acids is 1. The van der Waals surface area contributed by atoms with Gasteiger partial charge in [0.15, 0.2) is 17.3 Å². The zero-order valence-corrected chi connectivity index (χ0v) is 18.4. The van der Waals surface area contributed by atoms with Crippen molar-refractivity contribution in [1.29, 1.82) is 0 Å². The minimum atomic E-state index is -0.484. The van der Waals surface area contributed by atoms with Crippen LogP contribution in [0.4, 0.5) is 0 Å². The van der Waals surface area contributed by atoms with Crippen LogP contribution in [0.25, 0.3) is 11.4 Å². The summed E-state index contributed by atoms with van der Waals surface area (Å²) < 4.78 is 23.2. The lowest BCUT2D eigenvalue weighted by molar-refractivity contribution is -0.132. The highest BCUT2D eigenvalue weighted by atomic mass is 32.1. The lowest BCUT2D eigenvalue weighted by Gasteiger charge is -2.13. The Morgan fingerprint density at radius 3 is 2.39 bits per heavy atom. The average Bonchev–Trinajstić information content (AvgIpc) is 3.13. The van der Waals surface area contributed by atoms with Crippen LogP contribution in [0, 0.1) is 4.77 Å². The first-order valence-electron chi connectivity index (χ1n) is 9.36. The summed E-state index contributed by atoms with van der Waals surface area (Å²) in [6.45, 7) is 3.82. The second-order valence-corrected chi connectivity index (χ2v) is 6.60. The fraction of sp³-hybridized carbons (Fsp3) is 0.238. The van der Waals surface area contributed by atoms with E-state index < -0.39 is 5.97 Å². The highest BCUT2D eigenvalue weighted by Crippen LogP contribution is 2.38. The second-order valence-electron chi connectivity index (χ2n) is 6.21. The highest BCUT2D eigenvalue weighted by molar-refractivity contribution is 7.71. The Labute approximate surface area is 184 Å². The molecule has 0 aliphatic heterocycles. The third-order valence-corrected chi connectivity index (χ3v) is 4.39. The molecule has 1 N–H and O–H groups in total. The lowest BCUT2D eigenvalue weighted by atomic mass is 10.2. The Hall–Kier alpha value is -3.66.